The third-order valence-corrected chi connectivity index (χ3v) is 5.33. The molecular weight excluding hydrogens is 388 g/mol. The molecule has 0 radical (unpaired) electrons. The molecule has 0 spiro atoms. The first kappa shape index (κ1) is 21.6. The van der Waals surface area contributed by atoms with Gasteiger partial charge in [0.05, 0.1) is 19.3 Å². The average molecular weight is 417 g/mol. The summed E-state index contributed by atoms with van der Waals surface area (Å²) in [5, 5.41) is 6.82. The Balaban J connectivity index is 1.44. The molecule has 156 valence electrons. The van der Waals surface area contributed by atoms with Crippen molar-refractivity contribution in [3.63, 3.8) is 0 Å². The summed E-state index contributed by atoms with van der Waals surface area (Å²) in [7, 11) is 0. The van der Waals surface area contributed by atoms with Gasteiger partial charge in [0.1, 0.15) is 6.04 Å². The summed E-state index contributed by atoms with van der Waals surface area (Å²) in [6.45, 7) is 4.23. The lowest BCUT2D eigenvalue weighted by atomic mass is 10.1. The zero-order chi connectivity index (χ0) is 20.5. The number of amides is 1. The highest BCUT2D eigenvalue weighted by Crippen LogP contribution is 2.17. The van der Waals surface area contributed by atoms with E-state index in [1.807, 2.05) is 55.5 Å². The summed E-state index contributed by atoms with van der Waals surface area (Å²) >= 11 is 6.14. The van der Waals surface area contributed by atoms with Gasteiger partial charge in [-0.25, -0.2) is 0 Å². The van der Waals surface area contributed by atoms with Crippen LogP contribution in [0, 0.1) is 0 Å². The number of carbonyl (C=O) groups is 1. The second-order valence-electron chi connectivity index (χ2n) is 7.38. The maximum Gasteiger partial charge on any atom is 0.242 e. The lowest BCUT2D eigenvalue weighted by molar-refractivity contribution is -0.121. The average Bonchev–Trinajstić information content (AvgIpc) is 2.74. The van der Waals surface area contributed by atoms with Crippen LogP contribution in [0.5, 0.6) is 0 Å². The second-order valence-corrected chi connectivity index (χ2v) is 7.79. The molecule has 2 atom stereocenters. The number of rotatable bonds is 9. The van der Waals surface area contributed by atoms with E-state index in [-0.39, 0.29) is 18.1 Å². The normalized spacial score (nSPS) is 17.5. The molecule has 1 aliphatic heterocycles. The predicted molar refractivity (Wildman–Crippen MR) is 116 cm³/mol. The van der Waals surface area contributed by atoms with Crippen molar-refractivity contribution < 1.29 is 14.3 Å². The lowest BCUT2D eigenvalue weighted by Crippen LogP contribution is -2.37. The van der Waals surface area contributed by atoms with Crippen molar-refractivity contribution in [3.05, 3.63) is 64.7 Å². The molecule has 5 nitrogen and oxygen atoms in total. The van der Waals surface area contributed by atoms with Gasteiger partial charge in [0.2, 0.25) is 5.91 Å². The second kappa shape index (κ2) is 11.2. The number of hydrogen-bond acceptors (Lipinski definition) is 4. The van der Waals surface area contributed by atoms with Gasteiger partial charge in [-0.05, 0) is 55.5 Å². The first-order valence-corrected chi connectivity index (χ1v) is 10.6. The zero-order valence-corrected chi connectivity index (χ0v) is 17.6. The summed E-state index contributed by atoms with van der Waals surface area (Å²) in [4.78, 5) is 12.4. The molecule has 1 fully saturated rings. The van der Waals surface area contributed by atoms with Crippen LogP contribution >= 0.6 is 11.6 Å². The molecule has 1 amide bonds. The lowest BCUT2D eigenvalue weighted by Gasteiger charge is -2.22. The third kappa shape index (κ3) is 7.03. The van der Waals surface area contributed by atoms with Gasteiger partial charge in [-0.2, -0.15) is 0 Å². The Kier molecular flexibility index (Phi) is 8.35. The van der Waals surface area contributed by atoms with Gasteiger partial charge in [-0.15, -0.1) is 0 Å². The van der Waals surface area contributed by atoms with Crippen LogP contribution in [0.1, 0.15) is 37.3 Å². The van der Waals surface area contributed by atoms with E-state index in [0.29, 0.717) is 24.8 Å². The minimum atomic E-state index is -0.371. The van der Waals surface area contributed by atoms with Crippen LogP contribution in [0.25, 0.3) is 0 Å². The highest BCUT2D eigenvalue weighted by atomic mass is 35.5. The number of hydrogen-bond donors (Lipinski definition) is 2. The van der Waals surface area contributed by atoms with E-state index in [9.17, 15) is 4.79 Å². The van der Waals surface area contributed by atoms with Gasteiger partial charge in [0.25, 0.3) is 0 Å². The molecule has 2 aromatic carbocycles. The van der Waals surface area contributed by atoms with Crippen molar-refractivity contribution in [2.75, 3.05) is 18.5 Å². The maximum absolute atomic E-state index is 12.4. The van der Waals surface area contributed by atoms with Gasteiger partial charge in [-0.1, -0.05) is 41.9 Å². The molecule has 1 aliphatic rings. The number of anilines is 1. The van der Waals surface area contributed by atoms with Crippen LogP contribution in [0.3, 0.4) is 0 Å². The van der Waals surface area contributed by atoms with Crippen molar-refractivity contribution in [1.82, 2.24) is 5.32 Å². The molecule has 0 bridgehead atoms. The molecule has 2 aromatic rings. The van der Waals surface area contributed by atoms with E-state index in [0.717, 1.165) is 36.3 Å². The molecular formula is C23H29ClN2O3. The van der Waals surface area contributed by atoms with Gasteiger partial charge in [0.15, 0.2) is 0 Å². The Morgan fingerprint density at radius 3 is 2.90 bits per heavy atom. The molecule has 29 heavy (non-hydrogen) atoms. The van der Waals surface area contributed by atoms with Crippen LogP contribution in [-0.2, 0) is 27.4 Å². The van der Waals surface area contributed by atoms with E-state index < -0.39 is 0 Å². The Bertz CT molecular complexity index is 793. The van der Waals surface area contributed by atoms with E-state index >= 15 is 0 Å². The van der Waals surface area contributed by atoms with Crippen LogP contribution < -0.4 is 10.6 Å². The SMILES string of the molecule is CC(Nc1cccc(COCC2CCCCO2)c1)C(=O)NCc1ccccc1Cl. The highest BCUT2D eigenvalue weighted by Gasteiger charge is 2.15. The smallest absolute Gasteiger partial charge is 0.242 e. The highest BCUT2D eigenvalue weighted by molar-refractivity contribution is 6.31. The Labute approximate surface area is 177 Å². The van der Waals surface area contributed by atoms with Gasteiger partial charge in [0, 0.05) is 23.9 Å². The van der Waals surface area contributed by atoms with Gasteiger partial charge < -0.3 is 20.1 Å². The number of ether oxygens (including phenoxy) is 2. The Hall–Kier alpha value is -2.08. The van der Waals surface area contributed by atoms with Crippen LogP contribution in [0.2, 0.25) is 5.02 Å². The fourth-order valence-electron chi connectivity index (χ4n) is 3.29. The molecule has 0 saturated carbocycles. The van der Waals surface area contributed by atoms with Crippen molar-refractivity contribution in [2.45, 2.75) is 51.5 Å². The van der Waals surface area contributed by atoms with Crippen molar-refractivity contribution in [2.24, 2.45) is 0 Å². The summed E-state index contributed by atoms with van der Waals surface area (Å²) in [5.41, 5.74) is 2.85. The largest absolute Gasteiger partial charge is 0.376 e. The first-order chi connectivity index (χ1) is 14.1. The topological polar surface area (TPSA) is 59.6 Å². The predicted octanol–water partition coefficient (Wildman–Crippen LogP) is 4.54. The zero-order valence-electron chi connectivity index (χ0n) is 16.8. The van der Waals surface area contributed by atoms with Crippen LogP contribution in [-0.4, -0.2) is 31.3 Å². The standard InChI is InChI=1S/C23H29ClN2O3/c1-17(23(27)25-14-19-8-2-3-11-22(19)24)26-20-9-6-7-18(13-20)15-28-16-21-10-4-5-12-29-21/h2-3,6-9,11,13,17,21,26H,4-5,10,12,14-16H2,1H3,(H,25,27). The number of nitrogens with one attached hydrogen (secondary N) is 2. The monoisotopic (exact) mass is 416 g/mol. The van der Waals surface area contributed by atoms with Crippen molar-refractivity contribution in [3.8, 4) is 0 Å². The molecule has 2 unspecified atom stereocenters. The summed E-state index contributed by atoms with van der Waals surface area (Å²) < 4.78 is 11.5. The fourth-order valence-corrected chi connectivity index (χ4v) is 3.49. The summed E-state index contributed by atoms with van der Waals surface area (Å²) in [5.74, 6) is -0.0824. The molecule has 0 aromatic heterocycles. The molecule has 2 N–H and O–H groups in total. The van der Waals surface area contributed by atoms with E-state index in [4.69, 9.17) is 21.1 Å². The van der Waals surface area contributed by atoms with Gasteiger partial charge in [-0.3, -0.25) is 4.79 Å². The molecule has 1 saturated heterocycles. The fraction of sp³-hybridized carbons (Fsp3) is 0.435. The van der Waals surface area contributed by atoms with E-state index in [2.05, 4.69) is 10.6 Å². The third-order valence-electron chi connectivity index (χ3n) is 4.96. The number of carbonyl (C=O) groups excluding carboxylic acids is 1. The first-order valence-electron chi connectivity index (χ1n) is 10.2. The van der Waals surface area contributed by atoms with Gasteiger partial charge >= 0.3 is 0 Å². The van der Waals surface area contributed by atoms with Crippen LogP contribution in [0.15, 0.2) is 48.5 Å². The molecule has 6 heteroatoms. The summed E-state index contributed by atoms with van der Waals surface area (Å²) in [6, 6.07) is 15.1. The minimum Gasteiger partial charge on any atom is -0.376 e. The van der Waals surface area contributed by atoms with E-state index in [1.54, 1.807) is 0 Å². The van der Waals surface area contributed by atoms with Crippen LogP contribution in [0.4, 0.5) is 5.69 Å². The molecule has 1 heterocycles. The Morgan fingerprint density at radius 1 is 1.24 bits per heavy atom. The van der Waals surface area contributed by atoms with Crippen molar-refractivity contribution in [1.29, 1.82) is 0 Å². The number of benzene rings is 2. The summed E-state index contributed by atoms with van der Waals surface area (Å²) in [6.07, 6.45) is 3.65. The van der Waals surface area contributed by atoms with Crippen molar-refractivity contribution >= 4 is 23.2 Å². The quantitative estimate of drug-likeness (QED) is 0.630. The molecule has 0 aliphatic carbocycles. The maximum atomic E-state index is 12.4. The number of halogens is 1. The Morgan fingerprint density at radius 2 is 2.10 bits per heavy atom. The minimum absolute atomic E-state index is 0.0824. The van der Waals surface area contributed by atoms with E-state index in [1.165, 1.54) is 6.42 Å². The molecule has 3 rings (SSSR count).